The van der Waals surface area contributed by atoms with E-state index in [1.54, 1.807) is 13.4 Å². The number of likely N-dealkylation sites (N-methyl/N-ethyl adjacent to an activating group) is 2. The Morgan fingerprint density at radius 3 is 2.67 bits per heavy atom. The second-order valence-corrected chi connectivity index (χ2v) is 6.06. The molecule has 0 spiro atoms. The van der Waals surface area contributed by atoms with Gasteiger partial charge in [0.2, 0.25) is 0 Å². The van der Waals surface area contributed by atoms with Gasteiger partial charge < -0.3 is 19.3 Å². The molecule has 0 aliphatic carbocycles. The summed E-state index contributed by atoms with van der Waals surface area (Å²) in [4.78, 5) is 13.4. The Labute approximate surface area is 143 Å². The molecule has 0 fully saturated rings. The van der Waals surface area contributed by atoms with Gasteiger partial charge >= 0.3 is 0 Å². The van der Waals surface area contributed by atoms with Crippen LogP contribution in [0.2, 0.25) is 0 Å². The summed E-state index contributed by atoms with van der Waals surface area (Å²) in [5.41, 5.74) is 2.40. The number of methoxy groups -OCH3 is 1. The number of hydrogen-bond acceptors (Lipinski definition) is 6. The molecular weight excluding hydrogens is 304 g/mol. The molecule has 0 radical (unpaired) electrons. The zero-order valence-corrected chi connectivity index (χ0v) is 14.5. The molecule has 0 atom stereocenters. The average molecular weight is 328 g/mol. The fraction of sp³-hybridized carbons (Fsp3) is 0.444. The van der Waals surface area contributed by atoms with Crippen LogP contribution in [0.1, 0.15) is 11.3 Å². The third-order valence-corrected chi connectivity index (χ3v) is 4.29. The van der Waals surface area contributed by atoms with Crippen LogP contribution in [0.3, 0.4) is 0 Å². The predicted molar refractivity (Wildman–Crippen MR) is 93.8 cm³/mol. The Bertz CT molecular complexity index is 675. The molecule has 3 rings (SSSR count). The van der Waals surface area contributed by atoms with Crippen molar-refractivity contribution in [3.63, 3.8) is 0 Å². The molecule has 0 bridgehead atoms. The second-order valence-electron chi connectivity index (χ2n) is 6.06. The fourth-order valence-electron chi connectivity index (χ4n) is 2.87. The van der Waals surface area contributed by atoms with Crippen molar-refractivity contribution in [1.29, 1.82) is 0 Å². The first-order valence-corrected chi connectivity index (χ1v) is 8.16. The first kappa shape index (κ1) is 16.5. The van der Waals surface area contributed by atoms with Gasteiger partial charge in [0.1, 0.15) is 30.3 Å². The maximum absolute atomic E-state index is 5.81. The van der Waals surface area contributed by atoms with Gasteiger partial charge in [-0.1, -0.05) is 0 Å². The molecule has 2 aromatic rings. The molecule has 1 aliphatic rings. The van der Waals surface area contributed by atoms with Gasteiger partial charge in [-0.3, -0.25) is 0 Å². The van der Waals surface area contributed by atoms with E-state index in [4.69, 9.17) is 9.47 Å². The van der Waals surface area contributed by atoms with Crippen molar-refractivity contribution >= 4 is 5.82 Å². The number of anilines is 1. The highest BCUT2D eigenvalue weighted by molar-refractivity contribution is 5.48. The van der Waals surface area contributed by atoms with Crippen LogP contribution in [-0.2, 0) is 13.0 Å². The first-order valence-electron chi connectivity index (χ1n) is 8.16. The van der Waals surface area contributed by atoms with Crippen LogP contribution in [0, 0.1) is 0 Å². The molecule has 0 N–H and O–H groups in total. The van der Waals surface area contributed by atoms with Crippen LogP contribution in [0.4, 0.5) is 5.82 Å². The van der Waals surface area contributed by atoms with E-state index < -0.39 is 0 Å². The molecule has 128 valence electrons. The smallest absolute Gasteiger partial charge is 0.136 e. The summed E-state index contributed by atoms with van der Waals surface area (Å²) in [5, 5.41) is 0. The molecule has 1 aliphatic heterocycles. The van der Waals surface area contributed by atoms with Gasteiger partial charge in [-0.15, -0.1) is 0 Å². The maximum atomic E-state index is 5.81. The lowest BCUT2D eigenvalue weighted by molar-refractivity contribution is 0.307. The van der Waals surface area contributed by atoms with Crippen molar-refractivity contribution in [3.05, 3.63) is 41.9 Å². The van der Waals surface area contributed by atoms with Crippen LogP contribution in [0.25, 0.3) is 0 Å². The van der Waals surface area contributed by atoms with E-state index in [0.29, 0.717) is 6.61 Å². The Hall–Kier alpha value is -2.34. The second kappa shape index (κ2) is 7.49. The molecule has 0 saturated heterocycles. The molecule has 1 aromatic carbocycles. The SMILES string of the molecule is COc1ccc(OCCN(C)c2ncnc3c2CN(C)CC3)cc1. The minimum absolute atomic E-state index is 0.595. The predicted octanol–water partition coefficient (Wildman–Crippen LogP) is 1.99. The molecule has 6 nitrogen and oxygen atoms in total. The summed E-state index contributed by atoms with van der Waals surface area (Å²) < 4.78 is 11.0. The summed E-state index contributed by atoms with van der Waals surface area (Å²) in [6.45, 7) is 3.31. The number of ether oxygens (including phenoxy) is 2. The number of nitrogens with zero attached hydrogens (tertiary/aromatic N) is 4. The molecule has 0 unspecified atom stereocenters. The molecule has 2 heterocycles. The summed E-state index contributed by atoms with van der Waals surface area (Å²) >= 11 is 0. The molecular formula is C18H24N4O2. The summed E-state index contributed by atoms with van der Waals surface area (Å²) in [7, 11) is 5.84. The lowest BCUT2D eigenvalue weighted by atomic mass is 10.1. The normalized spacial score (nSPS) is 14.1. The van der Waals surface area contributed by atoms with E-state index >= 15 is 0 Å². The summed E-state index contributed by atoms with van der Waals surface area (Å²) in [6.07, 6.45) is 2.65. The highest BCUT2D eigenvalue weighted by Gasteiger charge is 2.20. The number of rotatable bonds is 6. The molecule has 1 aromatic heterocycles. The zero-order chi connectivity index (χ0) is 16.9. The molecule has 24 heavy (non-hydrogen) atoms. The monoisotopic (exact) mass is 328 g/mol. The van der Waals surface area contributed by atoms with E-state index in [0.717, 1.165) is 43.4 Å². The van der Waals surface area contributed by atoms with Gasteiger partial charge in [-0.2, -0.15) is 0 Å². The highest BCUT2D eigenvalue weighted by Crippen LogP contribution is 2.24. The Kier molecular flexibility index (Phi) is 5.15. The zero-order valence-electron chi connectivity index (χ0n) is 14.5. The van der Waals surface area contributed by atoms with E-state index in [-0.39, 0.29) is 0 Å². The Morgan fingerprint density at radius 1 is 1.17 bits per heavy atom. The number of hydrogen-bond donors (Lipinski definition) is 0. The minimum atomic E-state index is 0.595. The third kappa shape index (κ3) is 3.76. The van der Waals surface area contributed by atoms with E-state index in [9.17, 15) is 0 Å². The highest BCUT2D eigenvalue weighted by atomic mass is 16.5. The van der Waals surface area contributed by atoms with Gasteiger partial charge in [0.15, 0.2) is 0 Å². The standard InChI is InChI=1S/C18H24N4O2/c1-21-9-8-17-16(12-21)18(20-13-19-17)22(2)10-11-24-15-6-4-14(23-3)5-7-15/h4-7,13H,8-12H2,1-3H3. The molecule has 0 amide bonds. The van der Waals surface area contributed by atoms with Crippen LogP contribution >= 0.6 is 0 Å². The number of benzene rings is 1. The maximum Gasteiger partial charge on any atom is 0.136 e. The number of fused-ring (bicyclic) bond motifs is 1. The van der Waals surface area contributed by atoms with Gasteiger partial charge in [-0.05, 0) is 31.3 Å². The van der Waals surface area contributed by atoms with Crippen molar-refractivity contribution < 1.29 is 9.47 Å². The van der Waals surface area contributed by atoms with Crippen molar-refractivity contribution in [2.24, 2.45) is 0 Å². The summed E-state index contributed by atoms with van der Waals surface area (Å²) in [6, 6.07) is 7.63. The lowest BCUT2D eigenvalue weighted by Crippen LogP contribution is -2.32. The van der Waals surface area contributed by atoms with Gasteiger partial charge in [0, 0.05) is 32.1 Å². The van der Waals surface area contributed by atoms with E-state index in [2.05, 4.69) is 33.9 Å². The van der Waals surface area contributed by atoms with Gasteiger partial charge in [-0.25, -0.2) is 9.97 Å². The lowest BCUT2D eigenvalue weighted by Gasteiger charge is -2.28. The average Bonchev–Trinajstić information content (AvgIpc) is 2.61. The molecule has 6 heteroatoms. The van der Waals surface area contributed by atoms with Crippen LogP contribution in [0.15, 0.2) is 30.6 Å². The van der Waals surface area contributed by atoms with Crippen LogP contribution in [-0.4, -0.2) is 55.8 Å². The van der Waals surface area contributed by atoms with Crippen LogP contribution < -0.4 is 14.4 Å². The third-order valence-electron chi connectivity index (χ3n) is 4.29. The van der Waals surface area contributed by atoms with Crippen molar-refractivity contribution in [3.8, 4) is 11.5 Å². The quantitative estimate of drug-likeness (QED) is 0.808. The molecule has 0 saturated carbocycles. The first-order chi connectivity index (χ1) is 11.7. The van der Waals surface area contributed by atoms with Crippen molar-refractivity contribution in [2.75, 3.05) is 45.8 Å². The van der Waals surface area contributed by atoms with E-state index in [1.165, 1.54) is 11.3 Å². The van der Waals surface area contributed by atoms with Gasteiger partial charge in [0.25, 0.3) is 0 Å². The fourth-order valence-corrected chi connectivity index (χ4v) is 2.87. The number of aromatic nitrogens is 2. The van der Waals surface area contributed by atoms with Gasteiger partial charge in [0.05, 0.1) is 19.3 Å². The summed E-state index contributed by atoms with van der Waals surface area (Å²) in [5.74, 6) is 2.68. The Morgan fingerprint density at radius 2 is 1.92 bits per heavy atom. The van der Waals surface area contributed by atoms with Crippen molar-refractivity contribution in [1.82, 2.24) is 14.9 Å². The largest absolute Gasteiger partial charge is 0.497 e. The van der Waals surface area contributed by atoms with Crippen molar-refractivity contribution in [2.45, 2.75) is 13.0 Å². The minimum Gasteiger partial charge on any atom is -0.497 e. The van der Waals surface area contributed by atoms with Crippen LogP contribution in [0.5, 0.6) is 11.5 Å². The topological polar surface area (TPSA) is 50.7 Å². The van der Waals surface area contributed by atoms with E-state index in [1.807, 2.05) is 24.3 Å². The Balaban J connectivity index is 1.60.